The highest BCUT2D eigenvalue weighted by molar-refractivity contribution is 7.89. The fraction of sp³-hybridized carbons (Fsp3) is 0.667. The summed E-state index contributed by atoms with van der Waals surface area (Å²) in [5, 5.41) is 0. The lowest BCUT2D eigenvalue weighted by atomic mass is 9.70. The summed E-state index contributed by atoms with van der Waals surface area (Å²) in [6, 6.07) is 10.1. The third kappa shape index (κ3) is 2.53. The highest BCUT2D eigenvalue weighted by Gasteiger charge is 2.61. The molecule has 1 aliphatic carbocycles. The van der Waals surface area contributed by atoms with Crippen LogP contribution in [-0.2, 0) is 20.3 Å². The van der Waals surface area contributed by atoms with Crippen molar-refractivity contribution in [3.05, 3.63) is 35.9 Å². The number of fused-ring (bicyclic) bond motifs is 1. The predicted octanol–water partition coefficient (Wildman–Crippen LogP) is 2.75. The van der Waals surface area contributed by atoms with Gasteiger partial charge in [-0.25, -0.2) is 8.42 Å². The number of hydrogen-bond donors (Lipinski definition) is 0. The zero-order chi connectivity index (χ0) is 16.3. The van der Waals surface area contributed by atoms with Crippen LogP contribution in [0, 0.1) is 11.3 Å². The largest absolute Gasteiger partial charge is 0.377 e. The summed E-state index contributed by atoms with van der Waals surface area (Å²) in [4.78, 5) is 0. The van der Waals surface area contributed by atoms with Gasteiger partial charge in [0.05, 0.1) is 24.0 Å². The smallest absolute Gasteiger partial charge is 0.217 e. The van der Waals surface area contributed by atoms with Crippen LogP contribution in [0.1, 0.15) is 38.7 Å². The molecule has 3 heterocycles. The van der Waals surface area contributed by atoms with Crippen LogP contribution in [0.4, 0.5) is 0 Å². The molecule has 1 saturated carbocycles. The molecule has 1 unspecified atom stereocenters. The fourth-order valence-electron chi connectivity index (χ4n) is 4.65. The summed E-state index contributed by atoms with van der Waals surface area (Å²) in [6.07, 6.45) is 2.59. The maximum Gasteiger partial charge on any atom is 0.217 e. The van der Waals surface area contributed by atoms with Crippen LogP contribution in [0.3, 0.4) is 0 Å². The van der Waals surface area contributed by atoms with E-state index in [0.717, 1.165) is 24.8 Å². The average molecular weight is 335 g/mol. The standard InChI is InChI=1S/C18H25NO3S/c1-17(2)10-16(22-13-17)12-23(20,21)19-11-14-8-18(19,9-14)15-6-4-3-5-7-15/h3-7,14,16H,8-13H2,1-2H3. The molecule has 23 heavy (non-hydrogen) atoms. The van der Waals surface area contributed by atoms with E-state index in [1.165, 1.54) is 0 Å². The molecule has 0 N–H and O–H groups in total. The third-order valence-corrected chi connectivity index (χ3v) is 7.65. The molecular formula is C18H25NO3S. The Morgan fingerprint density at radius 1 is 1.17 bits per heavy atom. The Morgan fingerprint density at radius 3 is 2.48 bits per heavy atom. The Labute approximate surface area is 138 Å². The molecule has 2 bridgehead atoms. The fourth-order valence-corrected chi connectivity index (χ4v) is 6.74. The molecule has 126 valence electrons. The second-order valence-corrected chi connectivity index (χ2v) is 10.2. The van der Waals surface area contributed by atoms with Gasteiger partial charge in [0.15, 0.2) is 0 Å². The molecule has 3 saturated heterocycles. The second kappa shape index (κ2) is 5.04. The van der Waals surface area contributed by atoms with Crippen LogP contribution in [0.2, 0.25) is 0 Å². The Hall–Kier alpha value is -0.910. The molecule has 5 rings (SSSR count). The van der Waals surface area contributed by atoms with E-state index < -0.39 is 10.0 Å². The van der Waals surface area contributed by atoms with Crippen molar-refractivity contribution in [2.75, 3.05) is 18.9 Å². The van der Waals surface area contributed by atoms with Gasteiger partial charge in [-0.3, -0.25) is 0 Å². The number of ether oxygens (including phenoxy) is 1. The summed E-state index contributed by atoms with van der Waals surface area (Å²) in [5.41, 5.74) is 0.938. The van der Waals surface area contributed by atoms with Crippen LogP contribution in [-0.4, -0.2) is 37.7 Å². The van der Waals surface area contributed by atoms with E-state index in [9.17, 15) is 8.42 Å². The van der Waals surface area contributed by atoms with Gasteiger partial charge in [0.1, 0.15) is 0 Å². The summed E-state index contributed by atoms with van der Waals surface area (Å²) < 4.78 is 33.7. The quantitative estimate of drug-likeness (QED) is 0.850. The van der Waals surface area contributed by atoms with E-state index in [2.05, 4.69) is 26.0 Å². The van der Waals surface area contributed by atoms with Gasteiger partial charge in [-0.15, -0.1) is 0 Å². The van der Waals surface area contributed by atoms with Crippen molar-refractivity contribution in [3.8, 4) is 0 Å². The molecule has 0 spiro atoms. The molecule has 0 radical (unpaired) electrons. The van der Waals surface area contributed by atoms with Gasteiger partial charge in [-0.2, -0.15) is 4.31 Å². The Bertz CT molecular complexity index is 692. The van der Waals surface area contributed by atoms with E-state index >= 15 is 0 Å². The van der Waals surface area contributed by atoms with Crippen molar-refractivity contribution in [3.63, 3.8) is 0 Å². The minimum absolute atomic E-state index is 0.0877. The monoisotopic (exact) mass is 335 g/mol. The Morgan fingerprint density at radius 2 is 1.87 bits per heavy atom. The van der Waals surface area contributed by atoms with Crippen molar-refractivity contribution < 1.29 is 13.2 Å². The molecule has 1 atom stereocenters. The first-order chi connectivity index (χ1) is 10.8. The van der Waals surface area contributed by atoms with E-state index in [0.29, 0.717) is 19.1 Å². The van der Waals surface area contributed by atoms with Crippen LogP contribution >= 0.6 is 0 Å². The zero-order valence-electron chi connectivity index (χ0n) is 13.9. The molecule has 3 aliphatic heterocycles. The number of rotatable bonds is 4. The van der Waals surface area contributed by atoms with Gasteiger partial charge in [0.25, 0.3) is 0 Å². The number of hydrogen-bond acceptors (Lipinski definition) is 3. The first kappa shape index (κ1) is 15.6. The molecule has 1 aromatic rings. The van der Waals surface area contributed by atoms with Crippen LogP contribution in [0.25, 0.3) is 0 Å². The summed E-state index contributed by atoms with van der Waals surface area (Å²) >= 11 is 0. The molecular weight excluding hydrogens is 310 g/mol. The third-order valence-electron chi connectivity index (χ3n) is 5.69. The molecule has 4 fully saturated rings. The Kier molecular flexibility index (Phi) is 3.42. The van der Waals surface area contributed by atoms with Gasteiger partial charge in [-0.05, 0) is 36.2 Å². The predicted molar refractivity (Wildman–Crippen MR) is 89.5 cm³/mol. The van der Waals surface area contributed by atoms with E-state index in [1.807, 2.05) is 18.2 Å². The van der Waals surface area contributed by atoms with Crippen molar-refractivity contribution >= 4 is 10.0 Å². The molecule has 0 aromatic heterocycles. The van der Waals surface area contributed by atoms with Crippen molar-refractivity contribution in [2.24, 2.45) is 11.3 Å². The molecule has 4 nitrogen and oxygen atoms in total. The van der Waals surface area contributed by atoms with Gasteiger partial charge >= 0.3 is 0 Å². The molecule has 4 aliphatic rings. The van der Waals surface area contributed by atoms with Crippen LogP contribution in [0.5, 0.6) is 0 Å². The lowest BCUT2D eigenvalue weighted by molar-refractivity contribution is 0.111. The van der Waals surface area contributed by atoms with E-state index in [-0.39, 0.29) is 22.8 Å². The SMILES string of the molecule is CC1(C)COC(CS(=O)(=O)N2CC3CC2(c2ccccc2)C3)C1. The molecule has 1 aromatic carbocycles. The van der Waals surface area contributed by atoms with Crippen molar-refractivity contribution in [1.29, 1.82) is 0 Å². The van der Waals surface area contributed by atoms with Gasteiger partial charge in [0, 0.05) is 6.54 Å². The van der Waals surface area contributed by atoms with Gasteiger partial charge in [0.2, 0.25) is 10.0 Å². The lowest BCUT2D eigenvalue weighted by Crippen LogP contribution is -2.47. The number of benzene rings is 1. The van der Waals surface area contributed by atoms with E-state index in [4.69, 9.17) is 4.74 Å². The lowest BCUT2D eigenvalue weighted by Gasteiger charge is -2.42. The highest BCUT2D eigenvalue weighted by Crippen LogP contribution is 2.58. The van der Waals surface area contributed by atoms with Gasteiger partial charge in [-0.1, -0.05) is 44.2 Å². The maximum atomic E-state index is 13.1. The normalized spacial score (nSPS) is 36.1. The van der Waals surface area contributed by atoms with E-state index in [1.54, 1.807) is 4.31 Å². The molecule has 5 heteroatoms. The Balaban J connectivity index is 1.57. The van der Waals surface area contributed by atoms with Crippen LogP contribution in [0.15, 0.2) is 30.3 Å². The minimum Gasteiger partial charge on any atom is -0.377 e. The van der Waals surface area contributed by atoms with Crippen LogP contribution < -0.4 is 0 Å². The first-order valence-corrected chi connectivity index (χ1v) is 10.1. The molecule has 0 amide bonds. The first-order valence-electron chi connectivity index (χ1n) is 8.48. The number of nitrogens with zero attached hydrogens (tertiary/aromatic N) is 1. The summed E-state index contributed by atoms with van der Waals surface area (Å²) in [7, 11) is -3.30. The van der Waals surface area contributed by atoms with Gasteiger partial charge < -0.3 is 4.74 Å². The topological polar surface area (TPSA) is 46.6 Å². The van der Waals surface area contributed by atoms with Crippen molar-refractivity contribution in [1.82, 2.24) is 4.31 Å². The number of sulfonamides is 1. The summed E-state index contributed by atoms with van der Waals surface area (Å²) in [6.45, 7) is 5.60. The summed E-state index contributed by atoms with van der Waals surface area (Å²) in [5.74, 6) is 0.642. The second-order valence-electron chi connectivity index (χ2n) is 8.28. The maximum absolute atomic E-state index is 13.1. The highest BCUT2D eigenvalue weighted by atomic mass is 32.2. The zero-order valence-corrected chi connectivity index (χ0v) is 14.7. The minimum atomic E-state index is -3.30. The average Bonchev–Trinajstić information content (AvgIpc) is 3.10. The van der Waals surface area contributed by atoms with Crippen molar-refractivity contribution in [2.45, 2.75) is 44.8 Å².